The van der Waals surface area contributed by atoms with Crippen molar-refractivity contribution in [2.24, 2.45) is 5.92 Å². The predicted molar refractivity (Wildman–Crippen MR) is 73.0 cm³/mol. The molecule has 2 N–H and O–H groups in total. The average Bonchev–Trinajstić information content (AvgIpc) is 2.55. The number of hydrogen-bond acceptors (Lipinski definition) is 3. The van der Waals surface area contributed by atoms with Crippen LogP contribution in [0, 0.1) is 5.92 Å². The summed E-state index contributed by atoms with van der Waals surface area (Å²) < 4.78 is 28.5. The lowest BCUT2D eigenvalue weighted by atomic mass is 10.0. The summed E-state index contributed by atoms with van der Waals surface area (Å²) in [6, 6.07) is -0.564. The Hall–Kier alpha value is -0.660. The van der Waals surface area contributed by atoms with E-state index < -0.39 is 22.2 Å². The number of rotatable bonds is 6. The molecular formula is C12H24N2O4S. The van der Waals surface area contributed by atoms with Crippen LogP contribution in [0.25, 0.3) is 0 Å². The Morgan fingerprint density at radius 1 is 1.21 bits per heavy atom. The molecule has 112 valence electrons. The predicted octanol–water partition coefficient (Wildman–Crippen LogP) is 1.20. The van der Waals surface area contributed by atoms with Gasteiger partial charge in [0.05, 0.1) is 6.42 Å². The second kappa shape index (κ2) is 7.21. The van der Waals surface area contributed by atoms with E-state index in [-0.39, 0.29) is 12.3 Å². The minimum absolute atomic E-state index is 0.0575. The van der Waals surface area contributed by atoms with Gasteiger partial charge in [-0.15, -0.1) is 0 Å². The van der Waals surface area contributed by atoms with Crippen LogP contribution in [-0.2, 0) is 15.0 Å². The van der Waals surface area contributed by atoms with E-state index in [9.17, 15) is 13.2 Å². The summed E-state index contributed by atoms with van der Waals surface area (Å²) in [5.74, 6) is -1.05. The fourth-order valence-electron chi connectivity index (χ4n) is 2.15. The maximum Gasteiger partial charge on any atom is 0.304 e. The standard InChI is InChI=1S/C12H24N2O4S/c1-10(2)11(9-12(15)16)13-19(17,18)14-7-5-3-4-6-8-14/h10-11,13H,3-9H2,1-2H3,(H,15,16). The zero-order chi connectivity index (χ0) is 14.5. The third-order valence-electron chi connectivity index (χ3n) is 3.40. The lowest BCUT2D eigenvalue weighted by molar-refractivity contribution is -0.137. The highest BCUT2D eigenvalue weighted by Crippen LogP contribution is 2.15. The maximum atomic E-state index is 12.3. The molecule has 1 aliphatic heterocycles. The Morgan fingerprint density at radius 2 is 1.74 bits per heavy atom. The van der Waals surface area contributed by atoms with Gasteiger partial charge in [0, 0.05) is 19.1 Å². The van der Waals surface area contributed by atoms with Gasteiger partial charge in [0.15, 0.2) is 0 Å². The molecule has 0 amide bonds. The molecule has 0 bridgehead atoms. The number of carboxylic acids is 1. The monoisotopic (exact) mass is 292 g/mol. The van der Waals surface area contributed by atoms with E-state index in [2.05, 4.69) is 4.72 Å². The SMILES string of the molecule is CC(C)C(CC(=O)O)NS(=O)(=O)N1CCCCCC1. The van der Waals surface area contributed by atoms with Crippen molar-refractivity contribution in [1.29, 1.82) is 0 Å². The van der Waals surface area contributed by atoms with Crippen molar-refractivity contribution >= 4 is 16.2 Å². The Bertz CT molecular complexity index is 387. The topological polar surface area (TPSA) is 86.7 Å². The highest BCUT2D eigenvalue weighted by atomic mass is 32.2. The van der Waals surface area contributed by atoms with E-state index in [1.54, 1.807) is 0 Å². The van der Waals surface area contributed by atoms with Gasteiger partial charge >= 0.3 is 5.97 Å². The highest BCUT2D eigenvalue weighted by Gasteiger charge is 2.28. The zero-order valence-electron chi connectivity index (χ0n) is 11.6. The van der Waals surface area contributed by atoms with Crippen LogP contribution in [0.15, 0.2) is 0 Å². The first kappa shape index (κ1) is 16.4. The van der Waals surface area contributed by atoms with Gasteiger partial charge in [0.25, 0.3) is 10.2 Å². The molecule has 0 aromatic rings. The maximum absolute atomic E-state index is 12.3. The number of hydrogen-bond donors (Lipinski definition) is 2. The van der Waals surface area contributed by atoms with Crippen LogP contribution in [0.1, 0.15) is 46.0 Å². The van der Waals surface area contributed by atoms with Crippen LogP contribution in [0.4, 0.5) is 0 Å². The summed E-state index contributed by atoms with van der Waals surface area (Å²) >= 11 is 0. The summed E-state index contributed by atoms with van der Waals surface area (Å²) in [5, 5.41) is 8.84. The van der Waals surface area contributed by atoms with E-state index in [0.717, 1.165) is 25.7 Å². The fraction of sp³-hybridized carbons (Fsp3) is 0.917. The minimum Gasteiger partial charge on any atom is -0.481 e. The number of carboxylic acid groups (broad SMARTS) is 1. The molecule has 1 heterocycles. The van der Waals surface area contributed by atoms with Crippen molar-refractivity contribution in [3.8, 4) is 0 Å². The van der Waals surface area contributed by atoms with E-state index in [1.165, 1.54) is 4.31 Å². The molecular weight excluding hydrogens is 268 g/mol. The quantitative estimate of drug-likeness (QED) is 0.770. The lowest BCUT2D eigenvalue weighted by Crippen LogP contribution is -2.48. The van der Waals surface area contributed by atoms with Crippen molar-refractivity contribution in [3.05, 3.63) is 0 Å². The largest absolute Gasteiger partial charge is 0.481 e. The molecule has 1 fully saturated rings. The molecule has 1 aliphatic rings. The van der Waals surface area contributed by atoms with Gasteiger partial charge in [-0.2, -0.15) is 17.4 Å². The average molecular weight is 292 g/mol. The van der Waals surface area contributed by atoms with E-state index in [1.807, 2.05) is 13.8 Å². The Balaban J connectivity index is 2.71. The van der Waals surface area contributed by atoms with Crippen LogP contribution >= 0.6 is 0 Å². The summed E-state index contributed by atoms with van der Waals surface area (Å²) in [6.45, 7) is 4.68. The second-order valence-corrected chi connectivity index (χ2v) is 7.09. The molecule has 6 nitrogen and oxygen atoms in total. The van der Waals surface area contributed by atoms with Gasteiger partial charge in [0.2, 0.25) is 0 Å². The molecule has 0 saturated carbocycles. The minimum atomic E-state index is -3.58. The number of nitrogens with one attached hydrogen (secondary N) is 1. The molecule has 19 heavy (non-hydrogen) atoms. The van der Waals surface area contributed by atoms with Crippen LogP contribution in [-0.4, -0.2) is 42.9 Å². The van der Waals surface area contributed by atoms with Gasteiger partial charge in [-0.3, -0.25) is 4.79 Å². The summed E-state index contributed by atoms with van der Waals surface area (Å²) in [4.78, 5) is 10.8. The van der Waals surface area contributed by atoms with Crippen molar-refractivity contribution in [2.75, 3.05) is 13.1 Å². The van der Waals surface area contributed by atoms with Gasteiger partial charge < -0.3 is 5.11 Å². The van der Waals surface area contributed by atoms with Gasteiger partial charge in [0.1, 0.15) is 0 Å². The molecule has 7 heteroatoms. The number of nitrogens with zero attached hydrogens (tertiary/aromatic N) is 1. The molecule has 1 saturated heterocycles. The van der Waals surface area contributed by atoms with Crippen LogP contribution in [0.5, 0.6) is 0 Å². The zero-order valence-corrected chi connectivity index (χ0v) is 12.4. The molecule has 1 atom stereocenters. The van der Waals surface area contributed by atoms with Gasteiger partial charge in [-0.25, -0.2) is 0 Å². The molecule has 1 unspecified atom stereocenters. The van der Waals surface area contributed by atoms with E-state index >= 15 is 0 Å². The molecule has 0 aromatic heterocycles. The second-order valence-electron chi connectivity index (χ2n) is 5.38. The first-order valence-corrected chi connectivity index (χ1v) is 8.26. The molecule has 0 spiro atoms. The summed E-state index contributed by atoms with van der Waals surface area (Å²) in [6.07, 6.45) is 3.65. The normalized spacial score (nSPS) is 20.2. The summed E-state index contributed by atoms with van der Waals surface area (Å²) in [7, 11) is -3.58. The van der Waals surface area contributed by atoms with Crippen LogP contribution < -0.4 is 4.72 Å². The Labute approximate surface area is 115 Å². The first-order chi connectivity index (χ1) is 8.83. The molecule has 0 aromatic carbocycles. The van der Waals surface area contributed by atoms with Crippen molar-refractivity contribution in [3.63, 3.8) is 0 Å². The third-order valence-corrected chi connectivity index (χ3v) is 5.05. The Kier molecular flexibility index (Phi) is 6.22. The van der Waals surface area contributed by atoms with E-state index in [0.29, 0.717) is 13.1 Å². The molecule has 0 radical (unpaired) electrons. The molecule has 0 aliphatic carbocycles. The smallest absolute Gasteiger partial charge is 0.304 e. The van der Waals surface area contributed by atoms with Crippen LogP contribution in [0.3, 0.4) is 0 Å². The third kappa shape index (κ3) is 5.46. The number of aliphatic carboxylic acids is 1. The van der Waals surface area contributed by atoms with Crippen molar-refractivity contribution in [1.82, 2.24) is 9.03 Å². The van der Waals surface area contributed by atoms with Gasteiger partial charge in [-0.1, -0.05) is 26.7 Å². The first-order valence-electron chi connectivity index (χ1n) is 6.82. The lowest BCUT2D eigenvalue weighted by Gasteiger charge is -2.26. The van der Waals surface area contributed by atoms with Gasteiger partial charge in [-0.05, 0) is 18.8 Å². The number of carbonyl (C=O) groups is 1. The fourth-order valence-corrected chi connectivity index (χ4v) is 3.78. The van der Waals surface area contributed by atoms with Crippen LogP contribution in [0.2, 0.25) is 0 Å². The highest BCUT2D eigenvalue weighted by molar-refractivity contribution is 7.87. The van der Waals surface area contributed by atoms with Crippen molar-refractivity contribution in [2.45, 2.75) is 52.0 Å². The van der Waals surface area contributed by atoms with E-state index in [4.69, 9.17) is 5.11 Å². The molecule has 1 rings (SSSR count). The summed E-state index contributed by atoms with van der Waals surface area (Å²) in [5.41, 5.74) is 0. The Morgan fingerprint density at radius 3 is 2.16 bits per heavy atom. The van der Waals surface area contributed by atoms with Crippen molar-refractivity contribution < 1.29 is 18.3 Å².